The number of rotatable bonds is 34. The van der Waals surface area contributed by atoms with E-state index in [0.717, 1.165) is 70.6 Å². The van der Waals surface area contributed by atoms with E-state index in [4.69, 9.17) is 18.9 Å². The lowest BCUT2D eigenvalue weighted by molar-refractivity contribution is -0.305. The van der Waals surface area contributed by atoms with Gasteiger partial charge < -0.3 is 39.4 Å². The zero-order valence-electron chi connectivity index (χ0n) is 33.3. The number of unbranched alkanes of at least 4 members (excludes halogenated alkanes) is 17. The maximum absolute atomic E-state index is 12.7. The van der Waals surface area contributed by atoms with Crippen molar-refractivity contribution < 1.29 is 49.0 Å². The van der Waals surface area contributed by atoms with Gasteiger partial charge in [-0.1, -0.05) is 147 Å². The van der Waals surface area contributed by atoms with Gasteiger partial charge in [0.15, 0.2) is 12.4 Å². The van der Waals surface area contributed by atoms with E-state index in [0.29, 0.717) is 6.42 Å². The highest BCUT2D eigenvalue weighted by atomic mass is 16.7. The third-order valence-electron chi connectivity index (χ3n) is 9.54. The fourth-order valence-corrected chi connectivity index (χ4v) is 6.20. The summed E-state index contributed by atoms with van der Waals surface area (Å²) in [5.74, 6) is -0.825. The van der Waals surface area contributed by atoms with Crippen LogP contribution in [0.3, 0.4) is 0 Å². The summed E-state index contributed by atoms with van der Waals surface area (Å²) in [5.41, 5.74) is 0. The normalized spacial score (nSPS) is 21.2. The van der Waals surface area contributed by atoms with Crippen molar-refractivity contribution in [2.75, 3.05) is 19.8 Å². The molecule has 6 atom stereocenters. The van der Waals surface area contributed by atoms with Crippen molar-refractivity contribution in [2.45, 2.75) is 205 Å². The van der Waals surface area contributed by atoms with E-state index >= 15 is 0 Å². The van der Waals surface area contributed by atoms with Gasteiger partial charge in [0.1, 0.15) is 31.0 Å². The van der Waals surface area contributed by atoms with Crippen molar-refractivity contribution in [1.29, 1.82) is 0 Å². The molecule has 0 aromatic carbocycles. The molecule has 1 rings (SSSR count). The van der Waals surface area contributed by atoms with Crippen molar-refractivity contribution in [2.24, 2.45) is 0 Å². The molecule has 1 heterocycles. The molecule has 1 aliphatic rings. The van der Waals surface area contributed by atoms with Crippen molar-refractivity contribution in [3.8, 4) is 0 Å². The lowest BCUT2D eigenvalue weighted by Crippen LogP contribution is -2.59. The Balaban J connectivity index is 2.37. The lowest BCUT2D eigenvalue weighted by Gasteiger charge is -2.39. The molecule has 10 nitrogen and oxygen atoms in total. The van der Waals surface area contributed by atoms with Crippen LogP contribution in [0.4, 0.5) is 0 Å². The first-order valence-electron chi connectivity index (χ1n) is 21.1. The monoisotopic (exact) mass is 753 g/mol. The number of hydrogen-bond acceptors (Lipinski definition) is 10. The number of carbonyl (C=O) groups is 2. The predicted molar refractivity (Wildman–Crippen MR) is 210 cm³/mol. The molecule has 0 bridgehead atoms. The molecule has 0 aliphatic carbocycles. The highest BCUT2D eigenvalue weighted by Crippen LogP contribution is 2.22. The fourth-order valence-electron chi connectivity index (χ4n) is 6.20. The molecule has 1 saturated heterocycles. The Morgan fingerprint density at radius 2 is 1.11 bits per heavy atom. The molecule has 0 saturated carbocycles. The number of aliphatic hydroxyl groups excluding tert-OH is 4. The molecule has 53 heavy (non-hydrogen) atoms. The summed E-state index contributed by atoms with van der Waals surface area (Å²) >= 11 is 0. The van der Waals surface area contributed by atoms with E-state index in [9.17, 15) is 30.0 Å². The Morgan fingerprint density at radius 1 is 0.604 bits per heavy atom. The van der Waals surface area contributed by atoms with E-state index in [1.807, 2.05) is 0 Å². The van der Waals surface area contributed by atoms with E-state index in [1.54, 1.807) is 0 Å². The van der Waals surface area contributed by atoms with Crippen LogP contribution in [0.1, 0.15) is 168 Å². The van der Waals surface area contributed by atoms with E-state index < -0.39 is 49.4 Å². The standard InChI is InChI=1S/C43H76O10/c1-3-5-7-9-11-13-15-17-18-20-22-24-26-28-30-32-39(46)52-36(35-51-43-42(49)41(48)40(47)37(33-44)53-43)34-50-38(45)31-29-27-25-23-21-19-16-14-12-10-8-6-4-2/h5,7,11,13,17-18,36-37,40-44,47-49H,3-4,6,8-10,12,14-16,19-35H2,1-2H3/b7-5-,13-11-,18-17-. The third-order valence-corrected chi connectivity index (χ3v) is 9.54. The van der Waals surface area contributed by atoms with Crippen LogP contribution in [0.5, 0.6) is 0 Å². The van der Waals surface area contributed by atoms with Crippen LogP contribution in [0.2, 0.25) is 0 Å². The average molecular weight is 753 g/mol. The number of aliphatic hydroxyl groups is 4. The molecule has 0 aromatic heterocycles. The van der Waals surface area contributed by atoms with Crippen LogP contribution in [0.15, 0.2) is 36.5 Å². The molecule has 10 heteroatoms. The number of hydrogen-bond donors (Lipinski definition) is 4. The van der Waals surface area contributed by atoms with Crippen LogP contribution in [-0.4, -0.2) is 89.0 Å². The van der Waals surface area contributed by atoms with Gasteiger partial charge in [-0.25, -0.2) is 0 Å². The maximum Gasteiger partial charge on any atom is 0.306 e. The van der Waals surface area contributed by atoms with E-state index in [-0.39, 0.29) is 32.0 Å². The minimum Gasteiger partial charge on any atom is -0.462 e. The van der Waals surface area contributed by atoms with Gasteiger partial charge in [-0.2, -0.15) is 0 Å². The zero-order valence-corrected chi connectivity index (χ0v) is 33.3. The van der Waals surface area contributed by atoms with E-state index in [1.165, 1.54) is 64.2 Å². The summed E-state index contributed by atoms with van der Waals surface area (Å²) in [6.07, 6.45) is 30.1. The van der Waals surface area contributed by atoms with Crippen molar-refractivity contribution >= 4 is 11.9 Å². The first-order chi connectivity index (χ1) is 25.8. The molecule has 4 N–H and O–H groups in total. The Bertz CT molecular complexity index is 965. The van der Waals surface area contributed by atoms with E-state index in [2.05, 4.69) is 50.3 Å². The summed E-state index contributed by atoms with van der Waals surface area (Å²) in [4.78, 5) is 25.2. The molecule has 6 unspecified atom stereocenters. The number of ether oxygens (including phenoxy) is 4. The zero-order chi connectivity index (χ0) is 38.8. The number of carbonyl (C=O) groups excluding carboxylic acids is 2. The molecule has 308 valence electrons. The van der Waals surface area contributed by atoms with Crippen LogP contribution in [-0.2, 0) is 28.5 Å². The predicted octanol–water partition coefficient (Wildman–Crippen LogP) is 8.33. The number of allylic oxidation sites excluding steroid dienone is 6. The Hall–Kier alpha value is -2.08. The summed E-state index contributed by atoms with van der Waals surface area (Å²) in [7, 11) is 0. The molecule has 0 aromatic rings. The van der Waals surface area contributed by atoms with Crippen LogP contribution in [0, 0.1) is 0 Å². The Kier molecular flexibility index (Phi) is 31.8. The molecule has 0 amide bonds. The average Bonchev–Trinajstić information content (AvgIpc) is 3.15. The highest BCUT2D eigenvalue weighted by molar-refractivity contribution is 5.70. The molecule has 0 spiro atoms. The van der Waals surface area contributed by atoms with Gasteiger partial charge in [-0.3, -0.25) is 9.59 Å². The largest absolute Gasteiger partial charge is 0.462 e. The Morgan fingerprint density at radius 3 is 1.68 bits per heavy atom. The quantitative estimate of drug-likeness (QED) is 0.0287. The van der Waals surface area contributed by atoms with Gasteiger partial charge >= 0.3 is 11.9 Å². The maximum atomic E-state index is 12.7. The van der Waals surface area contributed by atoms with Gasteiger partial charge in [-0.15, -0.1) is 0 Å². The van der Waals surface area contributed by atoms with Gasteiger partial charge in [0, 0.05) is 12.8 Å². The second-order valence-electron chi connectivity index (χ2n) is 14.4. The molecular formula is C43H76O10. The molecule has 1 fully saturated rings. The van der Waals surface area contributed by atoms with Gasteiger partial charge in [0.2, 0.25) is 0 Å². The third kappa shape index (κ3) is 26.4. The topological polar surface area (TPSA) is 152 Å². The summed E-state index contributed by atoms with van der Waals surface area (Å²) < 4.78 is 22.1. The summed E-state index contributed by atoms with van der Waals surface area (Å²) in [6, 6.07) is 0. The van der Waals surface area contributed by atoms with Crippen LogP contribution in [0.25, 0.3) is 0 Å². The molecule has 0 radical (unpaired) electrons. The Labute approximate surface area is 321 Å². The lowest BCUT2D eigenvalue weighted by atomic mass is 9.99. The smallest absolute Gasteiger partial charge is 0.306 e. The van der Waals surface area contributed by atoms with Crippen molar-refractivity contribution in [3.63, 3.8) is 0 Å². The first-order valence-corrected chi connectivity index (χ1v) is 21.1. The highest BCUT2D eigenvalue weighted by Gasteiger charge is 2.44. The van der Waals surface area contributed by atoms with Gasteiger partial charge in [0.25, 0.3) is 0 Å². The molecular weight excluding hydrogens is 676 g/mol. The van der Waals surface area contributed by atoms with Crippen molar-refractivity contribution in [1.82, 2.24) is 0 Å². The second-order valence-corrected chi connectivity index (χ2v) is 14.4. The first kappa shape index (κ1) is 48.9. The van der Waals surface area contributed by atoms with Gasteiger partial charge in [-0.05, 0) is 44.9 Å². The van der Waals surface area contributed by atoms with Crippen molar-refractivity contribution in [3.05, 3.63) is 36.5 Å². The minimum atomic E-state index is -1.60. The minimum absolute atomic E-state index is 0.211. The van der Waals surface area contributed by atoms with Crippen LogP contribution >= 0.6 is 0 Å². The summed E-state index contributed by atoms with van der Waals surface area (Å²) in [6.45, 7) is 3.28. The van der Waals surface area contributed by atoms with Gasteiger partial charge in [0.05, 0.1) is 13.2 Å². The summed E-state index contributed by atoms with van der Waals surface area (Å²) in [5, 5.41) is 40.0. The SMILES string of the molecule is CC/C=C\C/C=C\C/C=C\CCCCCCCC(=O)OC(COC(=O)CCCCCCCCCCCCCCC)COC1OC(CO)C(O)C(O)C1O. The second kappa shape index (κ2) is 34.4. The number of esters is 2. The fraction of sp³-hybridized carbons (Fsp3) is 0.814. The molecule has 1 aliphatic heterocycles. The van der Waals surface area contributed by atoms with Crippen LogP contribution < -0.4 is 0 Å².